The molecule has 1 rings (SSSR count). The van der Waals surface area contributed by atoms with Gasteiger partial charge in [0.2, 0.25) is 11.8 Å². The van der Waals surface area contributed by atoms with Crippen molar-refractivity contribution in [2.75, 3.05) is 6.61 Å². The second kappa shape index (κ2) is 10.1. The van der Waals surface area contributed by atoms with Crippen molar-refractivity contribution < 1.29 is 44.7 Å². The van der Waals surface area contributed by atoms with Crippen molar-refractivity contribution in [1.82, 2.24) is 5.32 Å². The summed E-state index contributed by atoms with van der Waals surface area (Å²) >= 11 is 0. The van der Waals surface area contributed by atoms with E-state index < -0.39 is 61.1 Å². The zero-order valence-corrected chi connectivity index (χ0v) is 12.9. The SMILES string of the molecule is CC(=O)N[C@H]1C(O)O[C@H](CO)[C@@H](O)[C@@H]1O.NC(=O)C[C@H](N)C(=O)O. The number of rotatable bonds is 5. The maximum atomic E-state index is 10.7. The lowest BCUT2D eigenvalue weighted by atomic mass is 9.97. The second-order valence-corrected chi connectivity index (χ2v) is 5.07. The minimum absolute atomic E-state index is 0.310. The maximum absolute atomic E-state index is 10.7. The normalized spacial score (nSPS) is 30.5. The van der Waals surface area contributed by atoms with Crippen LogP contribution >= 0.6 is 0 Å². The molecular formula is C12H23N3O9. The summed E-state index contributed by atoms with van der Waals surface area (Å²) < 4.78 is 4.81. The Kier molecular flexibility index (Phi) is 9.35. The molecule has 1 fully saturated rings. The molecular weight excluding hydrogens is 330 g/mol. The number of aliphatic hydroxyl groups is 4. The van der Waals surface area contributed by atoms with E-state index in [9.17, 15) is 29.7 Å². The van der Waals surface area contributed by atoms with Gasteiger partial charge in [0.05, 0.1) is 13.0 Å². The number of ether oxygens (including phenoxy) is 1. The first-order valence-corrected chi connectivity index (χ1v) is 6.85. The van der Waals surface area contributed by atoms with E-state index >= 15 is 0 Å². The van der Waals surface area contributed by atoms with Gasteiger partial charge in [0.1, 0.15) is 30.4 Å². The number of carboxylic acid groups (broad SMARTS) is 1. The number of nitrogens with two attached hydrogens (primary N) is 2. The molecule has 24 heavy (non-hydrogen) atoms. The van der Waals surface area contributed by atoms with Gasteiger partial charge in [0.15, 0.2) is 6.29 Å². The van der Waals surface area contributed by atoms with Gasteiger partial charge in [0, 0.05) is 6.92 Å². The first-order valence-electron chi connectivity index (χ1n) is 6.85. The summed E-state index contributed by atoms with van der Waals surface area (Å²) in [5, 5.41) is 47.5. The van der Waals surface area contributed by atoms with Crippen molar-refractivity contribution >= 4 is 17.8 Å². The number of carbonyl (C=O) groups is 3. The fraction of sp³-hybridized carbons (Fsp3) is 0.750. The van der Waals surface area contributed by atoms with Crippen LogP contribution in [0.15, 0.2) is 0 Å². The molecule has 0 saturated carbocycles. The molecule has 0 spiro atoms. The molecule has 0 aromatic heterocycles. The molecule has 12 nitrogen and oxygen atoms in total. The van der Waals surface area contributed by atoms with Gasteiger partial charge in [0.25, 0.3) is 0 Å². The summed E-state index contributed by atoms with van der Waals surface area (Å²) in [6, 6.07) is -2.26. The summed E-state index contributed by atoms with van der Waals surface area (Å²) in [6.07, 6.45) is -5.55. The van der Waals surface area contributed by atoms with Gasteiger partial charge in [-0.1, -0.05) is 0 Å². The molecule has 0 aromatic rings. The molecule has 0 bridgehead atoms. The van der Waals surface area contributed by atoms with Crippen LogP contribution < -0.4 is 16.8 Å². The van der Waals surface area contributed by atoms with Crippen LogP contribution in [0.3, 0.4) is 0 Å². The van der Waals surface area contributed by atoms with Crippen LogP contribution in [-0.4, -0.2) is 86.6 Å². The van der Waals surface area contributed by atoms with Crippen LogP contribution in [0, 0.1) is 0 Å². The zero-order valence-electron chi connectivity index (χ0n) is 12.9. The molecule has 0 aliphatic carbocycles. The van der Waals surface area contributed by atoms with Gasteiger partial charge in [-0.05, 0) is 0 Å². The Hall–Kier alpha value is -1.83. The number of amides is 2. The highest BCUT2D eigenvalue weighted by atomic mass is 16.6. The highest BCUT2D eigenvalue weighted by Crippen LogP contribution is 2.19. The molecule has 1 unspecified atom stereocenters. The Bertz CT molecular complexity index is 447. The lowest BCUT2D eigenvalue weighted by Gasteiger charge is -2.40. The van der Waals surface area contributed by atoms with Gasteiger partial charge in [-0.25, -0.2) is 0 Å². The minimum Gasteiger partial charge on any atom is -0.480 e. The molecule has 0 aromatic carbocycles. The summed E-state index contributed by atoms with van der Waals surface area (Å²) in [4.78, 5) is 30.6. The molecule has 1 saturated heterocycles. The summed E-state index contributed by atoms with van der Waals surface area (Å²) in [6.45, 7) is 0.687. The number of carbonyl (C=O) groups excluding carboxylic acids is 2. The predicted molar refractivity (Wildman–Crippen MR) is 77.0 cm³/mol. The Morgan fingerprint density at radius 3 is 2.08 bits per heavy atom. The molecule has 10 N–H and O–H groups in total. The topological polar surface area (TPSA) is 226 Å². The molecule has 12 heteroatoms. The van der Waals surface area contributed by atoms with E-state index in [1.165, 1.54) is 6.92 Å². The number of primary amides is 1. The van der Waals surface area contributed by atoms with Crippen LogP contribution in [0.4, 0.5) is 0 Å². The van der Waals surface area contributed by atoms with Crippen molar-refractivity contribution in [3.63, 3.8) is 0 Å². The van der Waals surface area contributed by atoms with Gasteiger partial charge in [-0.2, -0.15) is 0 Å². The zero-order chi connectivity index (χ0) is 19.0. The molecule has 2 amide bonds. The molecule has 1 aliphatic heterocycles. The number of nitrogens with one attached hydrogen (secondary N) is 1. The first-order chi connectivity index (χ1) is 11.0. The van der Waals surface area contributed by atoms with Crippen LogP contribution in [0.2, 0.25) is 0 Å². The highest BCUT2D eigenvalue weighted by molar-refractivity contribution is 5.83. The van der Waals surface area contributed by atoms with E-state index in [1.54, 1.807) is 0 Å². The molecule has 1 aliphatic rings. The summed E-state index contributed by atoms with van der Waals surface area (Å²) in [5.74, 6) is -2.38. The monoisotopic (exact) mass is 353 g/mol. The third kappa shape index (κ3) is 7.16. The lowest BCUT2D eigenvalue weighted by Crippen LogP contribution is -2.63. The lowest BCUT2D eigenvalue weighted by molar-refractivity contribution is -0.253. The van der Waals surface area contributed by atoms with Gasteiger partial charge in [-0.3, -0.25) is 14.4 Å². The van der Waals surface area contributed by atoms with E-state index in [2.05, 4.69) is 11.1 Å². The standard InChI is InChI=1S/C8H15NO6.C4H8N2O3/c1-3(11)9-5-7(13)6(12)4(2-10)15-8(5)14;5-2(4(8)9)1-3(6)7/h4-8,10,12-14H,2H2,1H3,(H,9,11);2H,1,5H2,(H2,6,7)(H,8,9)/t4-,5-,6-,7-,8?;2-/m10/s1. The Morgan fingerprint density at radius 2 is 1.75 bits per heavy atom. The van der Waals surface area contributed by atoms with Gasteiger partial charge >= 0.3 is 5.97 Å². The van der Waals surface area contributed by atoms with Crippen LogP contribution in [0.5, 0.6) is 0 Å². The van der Waals surface area contributed by atoms with Crippen LogP contribution in [0.1, 0.15) is 13.3 Å². The largest absolute Gasteiger partial charge is 0.480 e. The van der Waals surface area contributed by atoms with Gasteiger partial charge < -0.3 is 47.1 Å². The Balaban J connectivity index is 0.000000506. The predicted octanol–water partition coefficient (Wildman–Crippen LogP) is -4.80. The number of hydrogen-bond acceptors (Lipinski definition) is 9. The number of aliphatic carboxylic acids is 1. The first kappa shape index (κ1) is 22.2. The quantitative estimate of drug-likeness (QED) is 0.235. The second-order valence-electron chi connectivity index (χ2n) is 5.07. The van der Waals surface area contributed by atoms with Crippen molar-refractivity contribution in [1.29, 1.82) is 0 Å². The van der Waals surface area contributed by atoms with E-state index in [-0.39, 0.29) is 6.42 Å². The van der Waals surface area contributed by atoms with Gasteiger partial charge in [-0.15, -0.1) is 0 Å². The number of hydrogen-bond donors (Lipinski definition) is 8. The van der Waals surface area contributed by atoms with E-state index in [0.717, 1.165) is 0 Å². The maximum Gasteiger partial charge on any atom is 0.321 e. The van der Waals surface area contributed by atoms with E-state index in [1.807, 2.05) is 0 Å². The van der Waals surface area contributed by atoms with E-state index in [0.29, 0.717) is 0 Å². The fourth-order valence-corrected chi connectivity index (χ4v) is 1.79. The Morgan fingerprint density at radius 1 is 1.21 bits per heavy atom. The summed E-state index contributed by atoms with van der Waals surface area (Å²) in [5.41, 5.74) is 9.57. The fourth-order valence-electron chi connectivity index (χ4n) is 1.79. The highest BCUT2D eigenvalue weighted by Gasteiger charge is 2.43. The van der Waals surface area contributed by atoms with Crippen molar-refractivity contribution in [3.8, 4) is 0 Å². The van der Waals surface area contributed by atoms with E-state index in [4.69, 9.17) is 20.7 Å². The molecule has 1 heterocycles. The van der Waals surface area contributed by atoms with Crippen molar-refractivity contribution in [2.24, 2.45) is 11.5 Å². The van der Waals surface area contributed by atoms with Crippen LogP contribution in [-0.2, 0) is 19.1 Å². The smallest absolute Gasteiger partial charge is 0.321 e. The summed E-state index contributed by atoms with van der Waals surface area (Å²) in [7, 11) is 0. The number of carboxylic acids is 1. The average molecular weight is 353 g/mol. The molecule has 140 valence electrons. The third-order valence-electron chi connectivity index (χ3n) is 3.01. The molecule has 6 atom stereocenters. The molecule has 0 radical (unpaired) electrons. The van der Waals surface area contributed by atoms with Crippen molar-refractivity contribution in [2.45, 2.75) is 50.0 Å². The minimum atomic E-state index is -1.45. The van der Waals surface area contributed by atoms with Crippen molar-refractivity contribution in [3.05, 3.63) is 0 Å². The number of aliphatic hydroxyl groups excluding tert-OH is 4. The Labute approximate surface area is 137 Å². The van der Waals surface area contributed by atoms with Crippen LogP contribution in [0.25, 0.3) is 0 Å². The third-order valence-corrected chi connectivity index (χ3v) is 3.01. The average Bonchev–Trinajstić information content (AvgIpc) is 2.47.